The van der Waals surface area contributed by atoms with Crippen molar-refractivity contribution in [3.8, 4) is 0 Å². The molecule has 0 aromatic heterocycles. The van der Waals surface area contributed by atoms with Gasteiger partial charge in [-0.05, 0) is 37.3 Å². The molecule has 4 heteroatoms. The van der Waals surface area contributed by atoms with E-state index in [-0.39, 0.29) is 5.91 Å². The molecule has 0 spiro atoms. The number of amides is 1. The predicted octanol–water partition coefficient (Wildman–Crippen LogP) is 2.08. The minimum atomic E-state index is -0.749. The fourth-order valence-electron chi connectivity index (χ4n) is 1.88. The summed E-state index contributed by atoms with van der Waals surface area (Å²) in [6.07, 6.45) is 2.10. The molecule has 0 radical (unpaired) electrons. The van der Waals surface area contributed by atoms with E-state index in [2.05, 4.69) is 5.32 Å². The van der Waals surface area contributed by atoms with Gasteiger partial charge in [0, 0.05) is 11.6 Å². The van der Waals surface area contributed by atoms with Crippen molar-refractivity contribution < 1.29 is 4.79 Å². The maximum atomic E-state index is 12.0. The number of benzene rings is 1. The van der Waals surface area contributed by atoms with E-state index in [4.69, 9.17) is 17.3 Å². The molecule has 0 bridgehead atoms. The van der Waals surface area contributed by atoms with Gasteiger partial charge >= 0.3 is 0 Å². The van der Waals surface area contributed by atoms with Gasteiger partial charge < -0.3 is 11.1 Å². The monoisotopic (exact) mass is 252 g/mol. The van der Waals surface area contributed by atoms with Crippen molar-refractivity contribution in [3.05, 3.63) is 34.9 Å². The van der Waals surface area contributed by atoms with Crippen molar-refractivity contribution in [1.82, 2.24) is 5.32 Å². The molecule has 1 amide bonds. The lowest BCUT2D eigenvalue weighted by Gasteiger charge is -2.23. The van der Waals surface area contributed by atoms with Crippen LogP contribution in [0, 0.1) is 5.92 Å². The zero-order valence-electron chi connectivity index (χ0n) is 9.87. The van der Waals surface area contributed by atoms with E-state index in [1.54, 1.807) is 6.92 Å². The maximum absolute atomic E-state index is 12.0. The Bertz CT molecular complexity index is 427. The lowest BCUT2D eigenvalue weighted by atomic mass is 9.96. The lowest BCUT2D eigenvalue weighted by Crippen LogP contribution is -2.53. The van der Waals surface area contributed by atoms with Crippen LogP contribution in [0.3, 0.4) is 0 Å². The van der Waals surface area contributed by atoms with Gasteiger partial charge in [-0.3, -0.25) is 4.79 Å². The van der Waals surface area contributed by atoms with Crippen LogP contribution in [0.25, 0.3) is 0 Å². The first-order valence-electron chi connectivity index (χ1n) is 5.82. The Morgan fingerprint density at radius 2 is 2.18 bits per heavy atom. The molecule has 1 saturated carbocycles. The van der Waals surface area contributed by atoms with Crippen molar-refractivity contribution in [2.24, 2.45) is 11.7 Å². The highest BCUT2D eigenvalue weighted by molar-refractivity contribution is 6.31. The zero-order valence-corrected chi connectivity index (χ0v) is 10.6. The lowest BCUT2D eigenvalue weighted by molar-refractivity contribution is -0.126. The average Bonchev–Trinajstić information content (AvgIpc) is 3.11. The second-order valence-electron chi connectivity index (χ2n) is 4.83. The predicted molar refractivity (Wildman–Crippen MR) is 68.6 cm³/mol. The Morgan fingerprint density at radius 1 is 1.53 bits per heavy atom. The summed E-state index contributed by atoms with van der Waals surface area (Å²) in [5.41, 5.74) is 6.19. The molecule has 0 aliphatic heterocycles. The van der Waals surface area contributed by atoms with Crippen LogP contribution in [0.1, 0.15) is 25.3 Å². The summed E-state index contributed by atoms with van der Waals surface area (Å²) in [4.78, 5) is 12.0. The van der Waals surface area contributed by atoms with Crippen LogP contribution >= 0.6 is 11.6 Å². The van der Waals surface area contributed by atoms with Crippen LogP contribution in [-0.2, 0) is 11.3 Å². The van der Waals surface area contributed by atoms with Gasteiger partial charge in [-0.15, -0.1) is 0 Å². The number of carbonyl (C=O) groups excluding carboxylic acids is 1. The van der Waals surface area contributed by atoms with E-state index in [9.17, 15) is 4.79 Å². The molecule has 17 heavy (non-hydrogen) atoms. The Kier molecular flexibility index (Phi) is 3.40. The van der Waals surface area contributed by atoms with E-state index < -0.39 is 5.54 Å². The highest BCUT2D eigenvalue weighted by atomic mass is 35.5. The highest BCUT2D eigenvalue weighted by Crippen LogP contribution is 2.38. The minimum Gasteiger partial charge on any atom is -0.350 e. The van der Waals surface area contributed by atoms with Gasteiger partial charge in [0.15, 0.2) is 0 Å². The fraction of sp³-hybridized carbons (Fsp3) is 0.462. The first kappa shape index (κ1) is 12.4. The van der Waals surface area contributed by atoms with Crippen LogP contribution < -0.4 is 11.1 Å². The molecule has 3 N–H and O–H groups in total. The number of nitrogens with two attached hydrogens (primary N) is 1. The maximum Gasteiger partial charge on any atom is 0.240 e. The van der Waals surface area contributed by atoms with E-state index >= 15 is 0 Å². The van der Waals surface area contributed by atoms with Crippen molar-refractivity contribution in [2.45, 2.75) is 31.8 Å². The second-order valence-corrected chi connectivity index (χ2v) is 5.24. The highest BCUT2D eigenvalue weighted by Gasteiger charge is 2.43. The summed E-state index contributed by atoms with van der Waals surface area (Å²) in [6, 6.07) is 7.47. The van der Waals surface area contributed by atoms with Crippen molar-refractivity contribution >= 4 is 17.5 Å². The molecule has 3 nitrogen and oxygen atoms in total. The molecule has 1 aliphatic carbocycles. The van der Waals surface area contributed by atoms with E-state index in [0.29, 0.717) is 17.5 Å². The Balaban J connectivity index is 1.94. The fourth-order valence-corrected chi connectivity index (χ4v) is 2.08. The van der Waals surface area contributed by atoms with Gasteiger partial charge in [-0.25, -0.2) is 0 Å². The summed E-state index contributed by atoms with van der Waals surface area (Å²) in [7, 11) is 0. The third-order valence-corrected chi connectivity index (χ3v) is 3.68. The molecule has 2 rings (SSSR count). The summed E-state index contributed by atoms with van der Waals surface area (Å²) >= 11 is 6.01. The van der Waals surface area contributed by atoms with Crippen LogP contribution in [0.5, 0.6) is 0 Å². The van der Waals surface area contributed by atoms with Crippen molar-refractivity contribution in [1.29, 1.82) is 0 Å². The Hall–Kier alpha value is -1.06. The third kappa shape index (κ3) is 2.79. The number of carbonyl (C=O) groups is 1. The largest absolute Gasteiger partial charge is 0.350 e. The SMILES string of the molecule is CC(N)(C(=O)NCc1ccccc1Cl)C1CC1. The first-order valence-corrected chi connectivity index (χ1v) is 6.20. The summed E-state index contributed by atoms with van der Waals surface area (Å²) in [6.45, 7) is 2.23. The smallest absolute Gasteiger partial charge is 0.240 e. The zero-order chi connectivity index (χ0) is 12.5. The van der Waals surface area contributed by atoms with Crippen molar-refractivity contribution in [3.63, 3.8) is 0 Å². The summed E-state index contributed by atoms with van der Waals surface area (Å²) < 4.78 is 0. The van der Waals surface area contributed by atoms with Crippen LogP contribution in [0.2, 0.25) is 5.02 Å². The van der Waals surface area contributed by atoms with Gasteiger partial charge in [0.1, 0.15) is 0 Å². The molecule has 1 aromatic rings. The molecule has 1 aromatic carbocycles. The molecule has 0 heterocycles. The standard InChI is InChI=1S/C13H17ClN2O/c1-13(15,10-6-7-10)12(17)16-8-9-4-2-3-5-11(9)14/h2-5,10H,6-8,15H2,1H3,(H,16,17). The third-order valence-electron chi connectivity index (χ3n) is 3.31. The van der Waals surface area contributed by atoms with Gasteiger partial charge in [0.25, 0.3) is 0 Å². The number of rotatable bonds is 4. The normalized spacial score (nSPS) is 18.5. The molecular weight excluding hydrogens is 236 g/mol. The topological polar surface area (TPSA) is 55.1 Å². The van der Waals surface area contributed by atoms with E-state index in [1.165, 1.54) is 0 Å². The van der Waals surface area contributed by atoms with E-state index in [1.807, 2.05) is 24.3 Å². The Labute approximate surface area is 106 Å². The van der Waals surface area contributed by atoms with Gasteiger partial charge in [0.2, 0.25) is 5.91 Å². The number of halogens is 1. The number of nitrogens with one attached hydrogen (secondary N) is 1. The summed E-state index contributed by atoms with van der Waals surface area (Å²) in [5, 5.41) is 3.52. The molecule has 1 fully saturated rings. The van der Waals surface area contributed by atoms with E-state index in [0.717, 1.165) is 18.4 Å². The van der Waals surface area contributed by atoms with Crippen LogP contribution in [-0.4, -0.2) is 11.4 Å². The molecule has 1 atom stereocenters. The molecule has 92 valence electrons. The first-order chi connectivity index (χ1) is 8.01. The second kappa shape index (κ2) is 4.67. The van der Waals surface area contributed by atoms with Gasteiger partial charge in [-0.2, -0.15) is 0 Å². The van der Waals surface area contributed by atoms with Crippen LogP contribution in [0.15, 0.2) is 24.3 Å². The quantitative estimate of drug-likeness (QED) is 0.862. The molecule has 0 saturated heterocycles. The van der Waals surface area contributed by atoms with Crippen LogP contribution in [0.4, 0.5) is 0 Å². The minimum absolute atomic E-state index is 0.0973. The van der Waals surface area contributed by atoms with Gasteiger partial charge in [-0.1, -0.05) is 29.8 Å². The summed E-state index contributed by atoms with van der Waals surface area (Å²) in [5.74, 6) is 0.230. The average molecular weight is 253 g/mol. The Morgan fingerprint density at radius 3 is 2.76 bits per heavy atom. The van der Waals surface area contributed by atoms with Crippen molar-refractivity contribution in [2.75, 3.05) is 0 Å². The molecular formula is C13H17ClN2O. The number of hydrogen-bond acceptors (Lipinski definition) is 2. The number of hydrogen-bond donors (Lipinski definition) is 2. The van der Waals surface area contributed by atoms with Gasteiger partial charge in [0.05, 0.1) is 5.54 Å². The molecule has 1 aliphatic rings. The molecule has 1 unspecified atom stereocenters.